The van der Waals surface area contributed by atoms with Crippen molar-refractivity contribution in [2.24, 2.45) is 23.5 Å². The zero-order valence-electron chi connectivity index (χ0n) is 12.1. The molecule has 0 bridgehead atoms. The van der Waals surface area contributed by atoms with Crippen LogP contribution in [0.4, 0.5) is 0 Å². The van der Waals surface area contributed by atoms with Crippen LogP contribution >= 0.6 is 0 Å². The van der Waals surface area contributed by atoms with Gasteiger partial charge in [-0.1, -0.05) is 13.8 Å². The first-order valence-corrected chi connectivity index (χ1v) is 7.00. The van der Waals surface area contributed by atoms with Crippen molar-refractivity contribution in [1.29, 1.82) is 0 Å². The Bertz CT molecular complexity index is 271. The molecule has 5 atom stereocenters. The van der Waals surface area contributed by atoms with Gasteiger partial charge in [0.1, 0.15) is 0 Å². The minimum absolute atomic E-state index is 0.0706. The zero-order chi connectivity index (χ0) is 13.7. The van der Waals surface area contributed by atoms with Crippen LogP contribution in [-0.2, 0) is 9.53 Å². The predicted octanol–water partition coefficient (Wildman–Crippen LogP) is 1.54. The monoisotopic (exact) mass is 256 g/mol. The highest BCUT2D eigenvalue weighted by Gasteiger charge is 2.35. The van der Waals surface area contributed by atoms with Gasteiger partial charge in [0.05, 0.1) is 0 Å². The molecule has 4 heteroatoms. The van der Waals surface area contributed by atoms with Crippen LogP contribution in [0.3, 0.4) is 0 Å². The SMILES string of the molecule is COCCC(C)NC(=O)C1CC(N)C(C)CC1C. The third-order valence-corrected chi connectivity index (χ3v) is 4.17. The van der Waals surface area contributed by atoms with E-state index >= 15 is 0 Å². The molecule has 1 amide bonds. The maximum atomic E-state index is 12.2. The Morgan fingerprint density at radius 2 is 2.06 bits per heavy atom. The van der Waals surface area contributed by atoms with Gasteiger partial charge in [-0.15, -0.1) is 0 Å². The minimum Gasteiger partial charge on any atom is -0.385 e. The number of ether oxygens (including phenoxy) is 1. The van der Waals surface area contributed by atoms with E-state index < -0.39 is 0 Å². The lowest BCUT2D eigenvalue weighted by Gasteiger charge is -2.36. The number of rotatable bonds is 5. The van der Waals surface area contributed by atoms with E-state index in [0.717, 1.165) is 19.3 Å². The summed E-state index contributed by atoms with van der Waals surface area (Å²) in [4.78, 5) is 12.2. The molecule has 1 fully saturated rings. The van der Waals surface area contributed by atoms with E-state index in [4.69, 9.17) is 10.5 Å². The van der Waals surface area contributed by atoms with Crippen molar-refractivity contribution in [2.45, 2.75) is 52.1 Å². The van der Waals surface area contributed by atoms with Crippen molar-refractivity contribution in [3.8, 4) is 0 Å². The van der Waals surface area contributed by atoms with Crippen LogP contribution in [0, 0.1) is 17.8 Å². The molecule has 1 aliphatic carbocycles. The summed E-state index contributed by atoms with van der Waals surface area (Å²) in [6.45, 7) is 7.04. The summed E-state index contributed by atoms with van der Waals surface area (Å²) in [5, 5.41) is 3.08. The molecule has 0 heterocycles. The van der Waals surface area contributed by atoms with E-state index in [0.29, 0.717) is 18.4 Å². The highest BCUT2D eigenvalue weighted by molar-refractivity contribution is 5.79. The fourth-order valence-corrected chi connectivity index (χ4v) is 2.77. The molecule has 18 heavy (non-hydrogen) atoms. The molecular formula is C14H28N2O2. The third-order valence-electron chi connectivity index (χ3n) is 4.17. The summed E-state index contributed by atoms with van der Waals surface area (Å²) in [5.74, 6) is 1.18. The molecule has 1 aliphatic rings. The molecule has 106 valence electrons. The van der Waals surface area contributed by atoms with Crippen molar-refractivity contribution in [3.63, 3.8) is 0 Å². The second kappa shape index (κ2) is 7.10. The first-order valence-electron chi connectivity index (χ1n) is 7.00. The number of hydrogen-bond donors (Lipinski definition) is 2. The number of hydrogen-bond acceptors (Lipinski definition) is 3. The van der Waals surface area contributed by atoms with Crippen LogP contribution in [0.15, 0.2) is 0 Å². The number of methoxy groups -OCH3 is 1. The standard InChI is InChI=1S/C14H28N2O2/c1-9-7-10(2)13(15)8-12(9)14(17)16-11(3)5-6-18-4/h9-13H,5-8,15H2,1-4H3,(H,16,17). The van der Waals surface area contributed by atoms with E-state index in [1.54, 1.807) is 7.11 Å². The molecule has 0 radical (unpaired) electrons. The fourth-order valence-electron chi connectivity index (χ4n) is 2.77. The molecule has 0 aliphatic heterocycles. The van der Waals surface area contributed by atoms with Gasteiger partial charge in [-0.3, -0.25) is 4.79 Å². The molecular weight excluding hydrogens is 228 g/mol. The van der Waals surface area contributed by atoms with Gasteiger partial charge in [-0.25, -0.2) is 0 Å². The van der Waals surface area contributed by atoms with E-state index in [2.05, 4.69) is 19.2 Å². The van der Waals surface area contributed by atoms with Gasteiger partial charge in [0.25, 0.3) is 0 Å². The van der Waals surface area contributed by atoms with Crippen molar-refractivity contribution >= 4 is 5.91 Å². The maximum absolute atomic E-state index is 12.2. The van der Waals surface area contributed by atoms with Crippen molar-refractivity contribution in [3.05, 3.63) is 0 Å². The Morgan fingerprint density at radius 3 is 2.67 bits per heavy atom. The van der Waals surface area contributed by atoms with Gasteiger partial charge in [0.2, 0.25) is 5.91 Å². The molecule has 1 rings (SSSR count). The van der Waals surface area contributed by atoms with E-state index in [1.807, 2.05) is 6.92 Å². The molecule has 5 unspecified atom stereocenters. The molecule has 1 saturated carbocycles. The molecule has 0 saturated heterocycles. The molecule has 0 aromatic carbocycles. The summed E-state index contributed by atoms with van der Waals surface area (Å²) in [6, 6.07) is 0.325. The van der Waals surface area contributed by atoms with Crippen molar-refractivity contribution in [1.82, 2.24) is 5.32 Å². The van der Waals surface area contributed by atoms with E-state index in [9.17, 15) is 4.79 Å². The minimum atomic E-state index is 0.0706. The van der Waals surface area contributed by atoms with Gasteiger partial charge in [0, 0.05) is 31.7 Å². The lowest BCUT2D eigenvalue weighted by Crippen LogP contribution is -2.47. The van der Waals surface area contributed by atoms with Gasteiger partial charge in [0.15, 0.2) is 0 Å². The summed E-state index contributed by atoms with van der Waals surface area (Å²) in [7, 11) is 1.68. The second-order valence-electron chi connectivity index (χ2n) is 5.89. The first-order chi connectivity index (χ1) is 8.45. The van der Waals surface area contributed by atoms with Crippen molar-refractivity contribution < 1.29 is 9.53 Å². The first kappa shape index (κ1) is 15.4. The van der Waals surface area contributed by atoms with Crippen LogP contribution in [0.2, 0.25) is 0 Å². The number of nitrogens with two attached hydrogens (primary N) is 1. The Labute approximate surface area is 111 Å². The summed E-state index contributed by atoms with van der Waals surface area (Å²) in [5.41, 5.74) is 6.08. The van der Waals surface area contributed by atoms with E-state index in [1.165, 1.54) is 0 Å². The largest absolute Gasteiger partial charge is 0.385 e. The average molecular weight is 256 g/mol. The normalized spacial score (nSPS) is 34.1. The second-order valence-corrected chi connectivity index (χ2v) is 5.89. The molecule has 3 N–H and O–H groups in total. The maximum Gasteiger partial charge on any atom is 0.223 e. The Kier molecular flexibility index (Phi) is 6.09. The Hall–Kier alpha value is -0.610. The summed E-state index contributed by atoms with van der Waals surface area (Å²) in [6.07, 6.45) is 2.71. The van der Waals surface area contributed by atoms with Gasteiger partial charge in [-0.2, -0.15) is 0 Å². The van der Waals surface area contributed by atoms with Crippen molar-refractivity contribution in [2.75, 3.05) is 13.7 Å². The highest BCUT2D eigenvalue weighted by atomic mass is 16.5. The molecule has 0 aromatic rings. The van der Waals surface area contributed by atoms with Crippen LogP contribution < -0.4 is 11.1 Å². The predicted molar refractivity (Wildman–Crippen MR) is 73.1 cm³/mol. The molecule has 0 aromatic heterocycles. The number of carbonyl (C=O) groups is 1. The summed E-state index contributed by atoms with van der Waals surface area (Å²) < 4.78 is 5.02. The van der Waals surface area contributed by atoms with Crippen LogP contribution in [0.25, 0.3) is 0 Å². The molecule has 0 spiro atoms. The van der Waals surface area contributed by atoms with Crippen LogP contribution in [0.1, 0.15) is 40.0 Å². The quantitative estimate of drug-likeness (QED) is 0.784. The third kappa shape index (κ3) is 4.25. The topological polar surface area (TPSA) is 64.3 Å². The average Bonchev–Trinajstić information content (AvgIpc) is 2.31. The Balaban J connectivity index is 2.45. The lowest BCUT2D eigenvalue weighted by atomic mass is 9.72. The van der Waals surface area contributed by atoms with Gasteiger partial charge >= 0.3 is 0 Å². The number of amides is 1. The van der Waals surface area contributed by atoms with Gasteiger partial charge in [-0.05, 0) is 38.0 Å². The fraction of sp³-hybridized carbons (Fsp3) is 0.929. The number of carbonyl (C=O) groups excluding carboxylic acids is 1. The summed E-state index contributed by atoms with van der Waals surface area (Å²) >= 11 is 0. The molecule has 4 nitrogen and oxygen atoms in total. The van der Waals surface area contributed by atoms with Gasteiger partial charge < -0.3 is 15.8 Å². The lowest BCUT2D eigenvalue weighted by molar-refractivity contribution is -0.128. The zero-order valence-corrected chi connectivity index (χ0v) is 12.1. The van der Waals surface area contributed by atoms with E-state index in [-0.39, 0.29) is 23.9 Å². The highest BCUT2D eigenvalue weighted by Crippen LogP contribution is 2.32. The van der Waals surface area contributed by atoms with Crippen LogP contribution in [0.5, 0.6) is 0 Å². The number of nitrogens with one attached hydrogen (secondary N) is 1. The van der Waals surface area contributed by atoms with Crippen LogP contribution in [-0.4, -0.2) is 31.7 Å². The smallest absolute Gasteiger partial charge is 0.223 e. The Morgan fingerprint density at radius 1 is 1.39 bits per heavy atom.